The van der Waals surface area contributed by atoms with E-state index in [1.807, 2.05) is 0 Å². The summed E-state index contributed by atoms with van der Waals surface area (Å²) in [5.41, 5.74) is -0.0908. The van der Waals surface area contributed by atoms with Crippen molar-refractivity contribution < 1.29 is 4.74 Å². The topological polar surface area (TPSA) is 55.0 Å². The van der Waals surface area contributed by atoms with Crippen LogP contribution in [-0.4, -0.2) is 23.2 Å². The monoisotopic (exact) mass is 166 g/mol. The molecule has 1 aromatic rings. The molecule has 1 aromatic heterocycles. The predicted octanol–water partition coefficient (Wildman–Crippen LogP) is 0.274. The largest absolute Gasteiger partial charge is 0.381 e. The van der Waals surface area contributed by atoms with Crippen molar-refractivity contribution in [1.29, 1.82) is 0 Å². The van der Waals surface area contributed by atoms with Gasteiger partial charge >= 0.3 is 0 Å². The number of rotatable bonds is 1. The van der Waals surface area contributed by atoms with Crippen molar-refractivity contribution in [2.45, 2.75) is 12.3 Å². The second-order valence-corrected chi connectivity index (χ2v) is 2.88. The zero-order valence-corrected chi connectivity index (χ0v) is 6.62. The van der Waals surface area contributed by atoms with E-state index in [2.05, 4.69) is 9.97 Å². The van der Waals surface area contributed by atoms with Crippen LogP contribution in [-0.2, 0) is 4.74 Å². The van der Waals surface area contributed by atoms with Gasteiger partial charge < -0.3 is 9.72 Å². The minimum atomic E-state index is -0.0908. The van der Waals surface area contributed by atoms with Crippen LogP contribution in [0.15, 0.2) is 17.1 Å². The van der Waals surface area contributed by atoms with Gasteiger partial charge in [-0.2, -0.15) is 0 Å². The number of nitrogens with zero attached hydrogens (tertiary/aromatic N) is 1. The summed E-state index contributed by atoms with van der Waals surface area (Å²) < 4.78 is 5.19. The van der Waals surface area contributed by atoms with Gasteiger partial charge in [0.25, 0.3) is 5.56 Å². The zero-order chi connectivity index (χ0) is 8.39. The van der Waals surface area contributed by atoms with Crippen molar-refractivity contribution in [2.75, 3.05) is 13.2 Å². The first kappa shape index (κ1) is 7.49. The number of aromatic amines is 1. The van der Waals surface area contributed by atoms with E-state index in [1.165, 1.54) is 12.3 Å². The van der Waals surface area contributed by atoms with Crippen LogP contribution in [0.2, 0.25) is 0 Å². The highest BCUT2D eigenvalue weighted by molar-refractivity contribution is 4.98. The first-order valence-corrected chi connectivity index (χ1v) is 3.99. The summed E-state index contributed by atoms with van der Waals surface area (Å²) >= 11 is 0. The Labute approximate surface area is 69.6 Å². The number of aromatic nitrogens is 2. The molecule has 2 rings (SSSR count). The number of hydrogen-bond acceptors (Lipinski definition) is 3. The van der Waals surface area contributed by atoms with Crippen LogP contribution >= 0.6 is 0 Å². The van der Waals surface area contributed by atoms with Gasteiger partial charge in [0.1, 0.15) is 5.82 Å². The van der Waals surface area contributed by atoms with Gasteiger partial charge in [0, 0.05) is 24.8 Å². The van der Waals surface area contributed by atoms with Crippen molar-refractivity contribution >= 4 is 0 Å². The van der Waals surface area contributed by atoms with Crippen LogP contribution in [0.1, 0.15) is 18.2 Å². The van der Waals surface area contributed by atoms with Crippen LogP contribution in [0.4, 0.5) is 0 Å². The summed E-state index contributed by atoms with van der Waals surface area (Å²) in [5, 5.41) is 0. The molecule has 1 saturated heterocycles. The minimum absolute atomic E-state index is 0.0908. The highest BCUT2D eigenvalue weighted by atomic mass is 16.5. The Morgan fingerprint density at radius 1 is 1.67 bits per heavy atom. The standard InChI is InChI=1S/C8H10N2O2/c11-7-1-3-9-8(10-7)6-2-4-12-5-6/h1,3,6H,2,4-5H2,(H,9,10,11). The van der Waals surface area contributed by atoms with E-state index in [0.29, 0.717) is 6.61 Å². The molecule has 0 radical (unpaired) electrons. The Hall–Kier alpha value is -1.16. The predicted molar refractivity (Wildman–Crippen MR) is 43.0 cm³/mol. The Morgan fingerprint density at radius 2 is 2.58 bits per heavy atom. The molecule has 1 atom stereocenters. The fourth-order valence-electron chi connectivity index (χ4n) is 1.34. The molecule has 0 aromatic carbocycles. The molecule has 0 spiro atoms. The van der Waals surface area contributed by atoms with Crippen LogP contribution in [0.25, 0.3) is 0 Å². The van der Waals surface area contributed by atoms with E-state index in [0.717, 1.165) is 18.9 Å². The molecule has 64 valence electrons. The van der Waals surface area contributed by atoms with E-state index in [9.17, 15) is 4.79 Å². The molecule has 12 heavy (non-hydrogen) atoms. The third-order valence-corrected chi connectivity index (χ3v) is 2.01. The van der Waals surface area contributed by atoms with Crippen LogP contribution in [0, 0.1) is 0 Å². The van der Waals surface area contributed by atoms with Gasteiger partial charge in [-0.3, -0.25) is 4.79 Å². The Morgan fingerprint density at radius 3 is 3.25 bits per heavy atom. The molecule has 2 heterocycles. The van der Waals surface area contributed by atoms with E-state index >= 15 is 0 Å². The molecular weight excluding hydrogens is 156 g/mol. The molecule has 1 fully saturated rings. The second-order valence-electron chi connectivity index (χ2n) is 2.88. The zero-order valence-electron chi connectivity index (χ0n) is 6.62. The van der Waals surface area contributed by atoms with E-state index < -0.39 is 0 Å². The van der Waals surface area contributed by atoms with E-state index in [1.54, 1.807) is 0 Å². The average Bonchev–Trinajstić information content (AvgIpc) is 2.56. The van der Waals surface area contributed by atoms with Crippen molar-refractivity contribution in [1.82, 2.24) is 9.97 Å². The smallest absolute Gasteiger partial charge is 0.250 e. The Kier molecular flexibility index (Phi) is 1.91. The molecule has 0 amide bonds. The van der Waals surface area contributed by atoms with Gasteiger partial charge in [0.05, 0.1) is 6.61 Å². The molecule has 1 unspecified atom stereocenters. The van der Waals surface area contributed by atoms with Crippen LogP contribution < -0.4 is 5.56 Å². The van der Waals surface area contributed by atoms with Crippen molar-refractivity contribution in [2.24, 2.45) is 0 Å². The van der Waals surface area contributed by atoms with E-state index in [-0.39, 0.29) is 11.5 Å². The van der Waals surface area contributed by atoms with Crippen molar-refractivity contribution in [3.05, 3.63) is 28.4 Å². The average molecular weight is 166 g/mol. The maximum absolute atomic E-state index is 10.9. The van der Waals surface area contributed by atoms with Gasteiger partial charge in [-0.15, -0.1) is 0 Å². The van der Waals surface area contributed by atoms with Gasteiger partial charge in [-0.1, -0.05) is 0 Å². The Bertz CT molecular complexity index is 315. The summed E-state index contributed by atoms with van der Waals surface area (Å²) in [6.45, 7) is 1.44. The Balaban J connectivity index is 2.27. The lowest BCUT2D eigenvalue weighted by molar-refractivity contribution is 0.193. The second kappa shape index (κ2) is 3.06. The maximum atomic E-state index is 10.9. The fraction of sp³-hybridized carbons (Fsp3) is 0.500. The first-order valence-electron chi connectivity index (χ1n) is 3.99. The van der Waals surface area contributed by atoms with Gasteiger partial charge in [0.15, 0.2) is 0 Å². The highest BCUT2D eigenvalue weighted by Crippen LogP contribution is 2.20. The lowest BCUT2D eigenvalue weighted by Gasteiger charge is -2.04. The van der Waals surface area contributed by atoms with Gasteiger partial charge in [0.2, 0.25) is 0 Å². The highest BCUT2D eigenvalue weighted by Gasteiger charge is 2.19. The molecule has 4 heteroatoms. The quantitative estimate of drug-likeness (QED) is 0.651. The summed E-state index contributed by atoms with van der Waals surface area (Å²) in [6.07, 6.45) is 2.49. The lowest BCUT2D eigenvalue weighted by Crippen LogP contribution is -2.12. The molecule has 0 aliphatic carbocycles. The van der Waals surface area contributed by atoms with Gasteiger partial charge in [-0.05, 0) is 6.42 Å². The number of nitrogens with one attached hydrogen (secondary N) is 1. The summed E-state index contributed by atoms with van der Waals surface area (Å²) in [6, 6.07) is 1.42. The molecule has 1 N–H and O–H groups in total. The van der Waals surface area contributed by atoms with Crippen molar-refractivity contribution in [3.63, 3.8) is 0 Å². The number of H-pyrrole nitrogens is 1. The third-order valence-electron chi connectivity index (χ3n) is 2.01. The SMILES string of the molecule is O=c1ccnc(C2CCOC2)[nH]1. The first-order chi connectivity index (χ1) is 5.86. The lowest BCUT2D eigenvalue weighted by atomic mass is 10.1. The molecule has 1 aliphatic heterocycles. The minimum Gasteiger partial charge on any atom is -0.381 e. The third kappa shape index (κ3) is 1.38. The maximum Gasteiger partial charge on any atom is 0.250 e. The molecule has 0 bridgehead atoms. The fourth-order valence-corrected chi connectivity index (χ4v) is 1.34. The van der Waals surface area contributed by atoms with E-state index in [4.69, 9.17) is 4.74 Å². The van der Waals surface area contributed by atoms with Gasteiger partial charge in [-0.25, -0.2) is 4.98 Å². The molecule has 1 aliphatic rings. The summed E-state index contributed by atoms with van der Waals surface area (Å²) in [4.78, 5) is 17.7. The number of ether oxygens (including phenoxy) is 1. The molecule has 4 nitrogen and oxygen atoms in total. The van der Waals surface area contributed by atoms with Crippen LogP contribution in [0.5, 0.6) is 0 Å². The van der Waals surface area contributed by atoms with Crippen LogP contribution in [0.3, 0.4) is 0 Å². The molecule has 0 saturated carbocycles. The summed E-state index contributed by atoms with van der Waals surface area (Å²) in [5.74, 6) is 1.03. The summed E-state index contributed by atoms with van der Waals surface area (Å²) in [7, 11) is 0. The normalized spacial score (nSPS) is 22.8. The van der Waals surface area contributed by atoms with Crippen molar-refractivity contribution in [3.8, 4) is 0 Å². The molecular formula is C8H10N2O2. The number of hydrogen-bond donors (Lipinski definition) is 1.